The highest BCUT2D eigenvalue weighted by Crippen LogP contribution is 2.27. The molecule has 0 aliphatic rings. The van der Waals surface area contributed by atoms with Crippen molar-refractivity contribution in [2.45, 2.75) is 40.2 Å². The topological polar surface area (TPSA) is 38.9 Å². The smallest absolute Gasteiger partial charge is 0.130 e. The summed E-state index contributed by atoms with van der Waals surface area (Å²) in [6, 6.07) is 8.51. The van der Waals surface area contributed by atoms with Crippen LogP contribution in [-0.2, 0) is 5.54 Å². The summed E-state index contributed by atoms with van der Waals surface area (Å²) in [5, 5.41) is 0.382. The molecule has 4 heteroatoms. The minimum atomic E-state index is -0.504. The molecule has 0 saturated carbocycles. The third kappa shape index (κ3) is 4.51. The number of hydrogen-bond acceptors (Lipinski definition) is 2. The lowest BCUT2D eigenvalue weighted by Gasteiger charge is -2.20. The van der Waals surface area contributed by atoms with Crippen LogP contribution in [0.15, 0.2) is 30.3 Å². The van der Waals surface area contributed by atoms with E-state index in [1.807, 2.05) is 33.8 Å². The maximum atomic E-state index is 13.3. The molecule has 0 amide bonds. The van der Waals surface area contributed by atoms with Crippen molar-refractivity contribution in [1.82, 2.24) is 4.98 Å². The monoisotopic (exact) mass is 308 g/mol. The zero-order valence-electron chi connectivity index (χ0n) is 13.2. The van der Waals surface area contributed by atoms with Gasteiger partial charge in [0.25, 0.3) is 0 Å². The molecule has 0 saturated heterocycles. The van der Waals surface area contributed by atoms with Gasteiger partial charge in [0.05, 0.1) is 5.69 Å². The lowest BCUT2D eigenvalue weighted by atomic mass is 9.95. The zero-order chi connectivity index (χ0) is 16.2. The summed E-state index contributed by atoms with van der Waals surface area (Å²) < 4.78 is 13.3. The van der Waals surface area contributed by atoms with Gasteiger partial charge in [0.2, 0.25) is 0 Å². The molecule has 0 radical (unpaired) electrons. The number of aromatic nitrogens is 1. The maximum Gasteiger partial charge on any atom is 0.130 e. The van der Waals surface area contributed by atoms with E-state index in [9.17, 15) is 4.39 Å². The molecule has 1 aromatic heterocycles. The molecule has 1 heterocycles. The molecule has 2 N–H and O–H groups in total. The van der Waals surface area contributed by atoms with Crippen LogP contribution >= 0.6 is 11.6 Å². The molecule has 0 aliphatic heterocycles. The fraction of sp³-hybridized carbons (Fsp3) is 0.353. The normalized spacial score (nSPS) is 10.9. The second-order valence-electron chi connectivity index (χ2n) is 5.25. The predicted molar refractivity (Wildman–Crippen MR) is 87.9 cm³/mol. The first-order chi connectivity index (χ1) is 9.77. The quantitative estimate of drug-likeness (QED) is 0.787. The first-order valence-electron chi connectivity index (χ1n) is 7.01. The molecule has 2 aromatic rings. The molecule has 2 rings (SSSR count). The van der Waals surface area contributed by atoms with Crippen LogP contribution in [0.4, 0.5) is 4.39 Å². The van der Waals surface area contributed by atoms with Gasteiger partial charge in [-0.3, -0.25) is 0 Å². The molecule has 21 heavy (non-hydrogen) atoms. The number of nitrogens with two attached hydrogens (primary N) is 1. The van der Waals surface area contributed by atoms with E-state index in [0.29, 0.717) is 16.4 Å². The molecule has 2 nitrogen and oxygen atoms in total. The lowest BCUT2D eigenvalue weighted by Crippen LogP contribution is -2.28. The Morgan fingerprint density at radius 3 is 2.29 bits per heavy atom. The molecule has 0 bridgehead atoms. The van der Waals surface area contributed by atoms with Crippen LogP contribution < -0.4 is 5.73 Å². The number of aryl methyl sites for hydroxylation is 1. The summed E-state index contributed by atoms with van der Waals surface area (Å²) in [7, 11) is 0. The van der Waals surface area contributed by atoms with E-state index < -0.39 is 5.54 Å². The summed E-state index contributed by atoms with van der Waals surface area (Å²) in [5.41, 5.74) is 8.57. The van der Waals surface area contributed by atoms with Gasteiger partial charge in [-0.25, -0.2) is 9.37 Å². The van der Waals surface area contributed by atoms with Crippen LogP contribution in [0.2, 0.25) is 5.15 Å². The number of rotatable bonds is 2. The number of halogens is 2. The summed E-state index contributed by atoms with van der Waals surface area (Å²) >= 11 is 6.04. The summed E-state index contributed by atoms with van der Waals surface area (Å²) in [4.78, 5) is 4.28. The van der Waals surface area contributed by atoms with Gasteiger partial charge >= 0.3 is 0 Å². The molecule has 0 unspecified atom stereocenters. The van der Waals surface area contributed by atoms with Crippen molar-refractivity contribution < 1.29 is 4.39 Å². The number of pyridine rings is 1. The number of benzene rings is 1. The summed E-state index contributed by atoms with van der Waals surface area (Å²) in [6.45, 7) is 9.52. The Morgan fingerprint density at radius 1 is 1.14 bits per heavy atom. The molecule has 1 aromatic carbocycles. The van der Waals surface area contributed by atoms with Crippen LogP contribution in [0, 0.1) is 12.7 Å². The molecular weight excluding hydrogens is 287 g/mol. The SMILES string of the molecule is CC.Cc1cc(-c2cc(C(C)(C)N)cc(Cl)n2)ccc1F. The third-order valence-corrected chi connectivity index (χ3v) is 3.19. The van der Waals surface area contributed by atoms with Gasteiger partial charge < -0.3 is 5.73 Å². The van der Waals surface area contributed by atoms with Gasteiger partial charge in [0.15, 0.2) is 0 Å². The van der Waals surface area contributed by atoms with E-state index in [0.717, 1.165) is 11.1 Å². The highest BCUT2D eigenvalue weighted by Gasteiger charge is 2.17. The summed E-state index contributed by atoms with van der Waals surface area (Å²) in [6.07, 6.45) is 0. The molecular formula is C17H22ClFN2. The average Bonchev–Trinajstić information content (AvgIpc) is 2.42. The first-order valence-corrected chi connectivity index (χ1v) is 7.38. The minimum Gasteiger partial charge on any atom is -0.322 e. The third-order valence-electron chi connectivity index (χ3n) is 2.99. The Morgan fingerprint density at radius 2 is 1.76 bits per heavy atom. The van der Waals surface area contributed by atoms with Gasteiger partial charge in [-0.1, -0.05) is 25.4 Å². The maximum absolute atomic E-state index is 13.3. The van der Waals surface area contributed by atoms with Crippen molar-refractivity contribution in [3.05, 3.63) is 52.4 Å². The second kappa shape index (κ2) is 7.01. The van der Waals surface area contributed by atoms with E-state index in [1.54, 1.807) is 25.1 Å². The van der Waals surface area contributed by atoms with Gasteiger partial charge in [-0.2, -0.15) is 0 Å². The highest BCUT2D eigenvalue weighted by molar-refractivity contribution is 6.29. The van der Waals surface area contributed by atoms with Crippen LogP contribution in [0.5, 0.6) is 0 Å². The zero-order valence-corrected chi connectivity index (χ0v) is 13.9. The number of hydrogen-bond donors (Lipinski definition) is 1. The van der Waals surface area contributed by atoms with Gasteiger partial charge in [0.1, 0.15) is 11.0 Å². The van der Waals surface area contributed by atoms with Gasteiger partial charge in [-0.15, -0.1) is 0 Å². The molecule has 0 fully saturated rings. The van der Waals surface area contributed by atoms with Gasteiger partial charge in [0, 0.05) is 11.1 Å². The van der Waals surface area contributed by atoms with Crippen LogP contribution in [-0.4, -0.2) is 4.98 Å². The van der Waals surface area contributed by atoms with E-state index in [-0.39, 0.29) is 5.82 Å². The average molecular weight is 309 g/mol. The molecule has 0 aliphatic carbocycles. The van der Waals surface area contributed by atoms with E-state index in [1.165, 1.54) is 6.07 Å². The first kappa shape index (κ1) is 17.6. The second-order valence-corrected chi connectivity index (χ2v) is 5.64. The Labute approximate surface area is 131 Å². The fourth-order valence-corrected chi connectivity index (χ4v) is 2.03. The van der Waals surface area contributed by atoms with Crippen molar-refractivity contribution >= 4 is 11.6 Å². The largest absolute Gasteiger partial charge is 0.322 e. The van der Waals surface area contributed by atoms with Crippen LogP contribution in [0.25, 0.3) is 11.3 Å². The van der Waals surface area contributed by atoms with E-state index in [2.05, 4.69) is 4.98 Å². The van der Waals surface area contributed by atoms with Crippen molar-refractivity contribution in [3.63, 3.8) is 0 Å². The Bertz CT molecular complexity index is 619. The van der Waals surface area contributed by atoms with Crippen LogP contribution in [0.3, 0.4) is 0 Å². The van der Waals surface area contributed by atoms with E-state index >= 15 is 0 Å². The molecule has 0 atom stereocenters. The molecule has 114 valence electrons. The predicted octanol–water partition coefficient (Wildman–Crippen LogP) is 5.07. The summed E-state index contributed by atoms with van der Waals surface area (Å²) in [5.74, 6) is -0.231. The van der Waals surface area contributed by atoms with Gasteiger partial charge in [-0.05, 0) is 62.2 Å². The fourth-order valence-electron chi connectivity index (χ4n) is 1.82. The van der Waals surface area contributed by atoms with Crippen molar-refractivity contribution in [3.8, 4) is 11.3 Å². The number of nitrogens with zero attached hydrogens (tertiary/aromatic N) is 1. The van der Waals surface area contributed by atoms with Crippen LogP contribution in [0.1, 0.15) is 38.8 Å². The lowest BCUT2D eigenvalue weighted by molar-refractivity contribution is 0.554. The standard InChI is InChI=1S/C15H16ClFN2.C2H6/c1-9-6-10(4-5-12(9)17)13-7-11(15(2,3)18)8-14(16)19-13;1-2/h4-8H,18H2,1-3H3;1-2H3. The minimum absolute atomic E-state index is 0.231. The Hall–Kier alpha value is -1.45. The van der Waals surface area contributed by atoms with Crippen molar-refractivity contribution in [2.24, 2.45) is 5.73 Å². The van der Waals surface area contributed by atoms with Crippen molar-refractivity contribution in [2.75, 3.05) is 0 Å². The van der Waals surface area contributed by atoms with E-state index in [4.69, 9.17) is 17.3 Å². The molecule has 0 spiro atoms. The Kier molecular flexibility index (Phi) is 5.87. The van der Waals surface area contributed by atoms with Crippen molar-refractivity contribution in [1.29, 1.82) is 0 Å². The highest BCUT2D eigenvalue weighted by atomic mass is 35.5. The Balaban J connectivity index is 0.00000106.